The van der Waals surface area contributed by atoms with Crippen molar-refractivity contribution < 1.29 is 4.79 Å². The lowest BCUT2D eigenvalue weighted by atomic mass is 10.1. The van der Waals surface area contributed by atoms with Crippen LogP contribution < -0.4 is 0 Å². The SMILES string of the molecule is O=C(CCc1cccs1)c1cc(Cl)cc(Br)c1. The van der Waals surface area contributed by atoms with E-state index in [4.69, 9.17) is 11.6 Å². The van der Waals surface area contributed by atoms with Crippen LogP contribution in [0.1, 0.15) is 21.7 Å². The lowest BCUT2D eigenvalue weighted by molar-refractivity contribution is 0.0983. The van der Waals surface area contributed by atoms with Gasteiger partial charge >= 0.3 is 0 Å². The van der Waals surface area contributed by atoms with Crippen molar-refractivity contribution in [2.75, 3.05) is 0 Å². The van der Waals surface area contributed by atoms with E-state index in [9.17, 15) is 4.79 Å². The van der Waals surface area contributed by atoms with Crippen LogP contribution in [0.3, 0.4) is 0 Å². The Kier molecular flexibility index (Phi) is 4.37. The summed E-state index contributed by atoms with van der Waals surface area (Å²) in [6.45, 7) is 0. The van der Waals surface area contributed by atoms with Gasteiger partial charge in [0.25, 0.3) is 0 Å². The van der Waals surface area contributed by atoms with E-state index in [0.717, 1.165) is 10.9 Å². The van der Waals surface area contributed by atoms with Gasteiger partial charge in [-0.05, 0) is 36.1 Å². The van der Waals surface area contributed by atoms with Crippen LogP contribution in [-0.4, -0.2) is 5.78 Å². The highest BCUT2D eigenvalue weighted by Gasteiger charge is 2.08. The van der Waals surface area contributed by atoms with Gasteiger partial charge in [-0.3, -0.25) is 4.79 Å². The number of thiophene rings is 1. The molecule has 1 aromatic heterocycles. The molecule has 17 heavy (non-hydrogen) atoms. The third-order valence-electron chi connectivity index (χ3n) is 2.36. The van der Waals surface area contributed by atoms with Gasteiger partial charge in [0.15, 0.2) is 5.78 Å². The van der Waals surface area contributed by atoms with Gasteiger partial charge in [-0.25, -0.2) is 0 Å². The Morgan fingerprint density at radius 2 is 2.18 bits per heavy atom. The molecule has 0 aliphatic heterocycles. The average Bonchev–Trinajstić information content (AvgIpc) is 2.77. The van der Waals surface area contributed by atoms with E-state index in [1.165, 1.54) is 4.88 Å². The molecular weight excluding hydrogens is 320 g/mol. The summed E-state index contributed by atoms with van der Waals surface area (Å²) in [6.07, 6.45) is 1.31. The molecule has 4 heteroatoms. The number of hydrogen-bond donors (Lipinski definition) is 0. The first kappa shape index (κ1) is 12.8. The summed E-state index contributed by atoms with van der Waals surface area (Å²) >= 11 is 10.9. The zero-order valence-electron chi connectivity index (χ0n) is 8.95. The maximum atomic E-state index is 12.0. The quantitative estimate of drug-likeness (QED) is 0.723. The second kappa shape index (κ2) is 5.80. The van der Waals surface area contributed by atoms with Crippen molar-refractivity contribution >= 4 is 44.7 Å². The highest BCUT2D eigenvalue weighted by Crippen LogP contribution is 2.21. The molecule has 0 unspecified atom stereocenters. The van der Waals surface area contributed by atoms with Crippen molar-refractivity contribution in [1.29, 1.82) is 0 Å². The minimum atomic E-state index is 0.126. The molecule has 0 saturated heterocycles. The second-order valence-electron chi connectivity index (χ2n) is 3.66. The number of aryl methyl sites for hydroxylation is 1. The molecule has 1 nitrogen and oxygen atoms in total. The third-order valence-corrected chi connectivity index (χ3v) is 3.98. The molecule has 1 heterocycles. The zero-order chi connectivity index (χ0) is 12.3. The number of benzene rings is 1. The van der Waals surface area contributed by atoms with Gasteiger partial charge in [0.05, 0.1) is 0 Å². The fraction of sp³-hybridized carbons (Fsp3) is 0.154. The molecule has 0 aliphatic rings. The number of hydrogen-bond acceptors (Lipinski definition) is 2. The second-order valence-corrected chi connectivity index (χ2v) is 6.05. The van der Waals surface area contributed by atoms with E-state index in [1.54, 1.807) is 23.5 Å². The van der Waals surface area contributed by atoms with Gasteiger partial charge in [0.2, 0.25) is 0 Å². The summed E-state index contributed by atoms with van der Waals surface area (Å²) in [4.78, 5) is 13.2. The van der Waals surface area contributed by atoms with Gasteiger partial charge in [0.1, 0.15) is 0 Å². The van der Waals surface area contributed by atoms with Crippen molar-refractivity contribution in [3.05, 3.63) is 55.6 Å². The fourth-order valence-corrected chi connectivity index (χ4v) is 3.12. The fourth-order valence-electron chi connectivity index (χ4n) is 1.55. The van der Waals surface area contributed by atoms with Gasteiger partial charge in [-0.15, -0.1) is 11.3 Å². The molecule has 0 aliphatic carbocycles. The molecule has 0 saturated carbocycles. The maximum Gasteiger partial charge on any atom is 0.163 e. The number of carbonyl (C=O) groups excluding carboxylic acids is 1. The summed E-state index contributed by atoms with van der Waals surface area (Å²) in [5.74, 6) is 0.126. The van der Waals surface area contributed by atoms with E-state index >= 15 is 0 Å². The predicted octanol–water partition coefficient (Wildman–Crippen LogP) is 4.98. The van der Waals surface area contributed by atoms with E-state index in [1.807, 2.05) is 23.6 Å². The van der Waals surface area contributed by atoms with Crippen molar-refractivity contribution in [1.82, 2.24) is 0 Å². The lowest BCUT2D eigenvalue weighted by Gasteiger charge is -2.02. The van der Waals surface area contributed by atoms with Crippen LogP contribution in [0.5, 0.6) is 0 Å². The van der Waals surface area contributed by atoms with Crippen molar-refractivity contribution in [2.45, 2.75) is 12.8 Å². The van der Waals surface area contributed by atoms with Crippen molar-refractivity contribution in [3.63, 3.8) is 0 Å². The van der Waals surface area contributed by atoms with E-state index in [-0.39, 0.29) is 5.78 Å². The number of ketones is 1. The lowest BCUT2D eigenvalue weighted by Crippen LogP contribution is -2.00. The molecule has 2 aromatic rings. The van der Waals surface area contributed by atoms with Crippen LogP contribution in [0.2, 0.25) is 5.02 Å². The Bertz CT molecular complexity index is 502. The minimum absolute atomic E-state index is 0.126. The van der Waals surface area contributed by atoms with E-state index in [0.29, 0.717) is 17.0 Å². The van der Waals surface area contributed by atoms with Crippen LogP contribution in [0.4, 0.5) is 0 Å². The van der Waals surface area contributed by atoms with Crippen LogP contribution in [0.15, 0.2) is 40.2 Å². The van der Waals surface area contributed by atoms with Gasteiger partial charge < -0.3 is 0 Å². The zero-order valence-corrected chi connectivity index (χ0v) is 12.1. The van der Waals surface area contributed by atoms with Crippen LogP contribution in [-0.2, 0) is 6.42 Å². The molecule has 0 N–H and O–H groups in total. The van der Waals surface area contributed by atoms with Crippen LogP contribution >= 0.6 is 38.9 Å². The molecule has 0 spiro atoms. The number of rotatable bonds is 4. The van der Waals surface area contributed by atoms with Gasteiger partial charge in [-0.2, -0.15) is 0 Å². The summed E-state index contributed by atoms with van der Waals surface area (Å²) in [6, 6.07) is 9.34. The summed E-state index contributed by atoms with van der Waals surface area (Å²) in [5.41, 5.74) is 0.668. The normalized spacial score (nSPS) is 10.5. The Balaban J connectivity index is 2.04. The summed E-state index contributed by atoms with van der Waals surface area (Å²) in [5, 5.41) is 2.61. The van der Waals surface area contributed by atoms with E-state index in [2.05, 4.69) is 15.9 Å². The van der Waals surface area contributed by atoms with Crippen LogP contribution in [0, 0.1) is 0 Å². The number of carbonyl (C=O) groups is 1. The summed E-state index contributed by atoms with van der Waals surface area (Å²) < 4.78 is 0.837. The Labute approximate surface area is 118 Å². The molecule has 1 aromatic carbocycles. The Morgan fingerprint density at radius 3 is 2.82 bits per heavy atom. The number of Topliss-reactive ketones (excluding diaryl/α,β-unsaturated/α-hetero) is 1. The standard InChI is InChI=1S/C13H10BrClOS/c14-10-6-9(7-11(15)8-10)13(16)4-3-12-2-1-5-17-12/h1-2,5-8H,3-4H2. The molecule has 88 valence electrons. The highest BCUT2D eigenvalue weighted by molar-refractivity contribution is 9.10. The first-order valence-corrected chi connectivity index (χ1v) is 7.22. The highest BCUT2D eigenvalue weighted by atomic mass is 79.9. The van der Waals surface area contributed by atoms with Gasteiger partial charge in [0, 0.05) is 26.4 Å². The molecule has 0 radical (unpaired) electrons. The Morgan fingerprint density at radius 1 is 1.35 bits per heavy atom. The topological polar surface area (TPSA) is 17.1 Å². The molecule has 0 amide bonds. The van der Waals surface area contributed by atoms with Crippen molar-refractivity contribution in [3.8, 4) is 0 Å². The molecule has 2 rings (SSSR count). The third kappa shape index (κ3) is 3.66. The summed E-state index contributed by atoms with van der Waals surface area (Å²) in [7, 11) is 0. The van der Waals surface area contributed by atoms with Gasteiger partial charge in [-0.1, -0.05) is 33.6 Å². The monoisotopic (exact) mass is 328 g/mol. The maximum absolute atomic E-state index is 12.0. The smallest absolute Gasteiger partial charge is 0.163 e. The van der Waals surface area contributed by atoms with Crippen LogP contribution in [0.25, 0.3) is 0 Å². The molecule has 0 fully saturated rings. The van der Waals surface area contributed by atoms with E-state index < -0.39 is 0 Å². The van der Waals surface area contributed by atoms with Crippen molar-refractivity contribution in [2.24, 2.45) is 0 Å². The number of halogens is 2. The molecule has 0 bridgehead atoms. The predicted molar refractivity (Wildman–Crippen MR) is 76.1 cm³/mol. The first-order valence-electron chi connectivity index (χ1n) is 5.17. The Hall–Kier alpha value is -0.640. The minimum Gasteiger partial charge on any atom is -0.294 e. The average molecular weight is 330 g/mol. The molecule has 0 atom stereocenters. The largest absolute Gasteiger partial charge is 0.294 e. The first-order chi connectivity index (χ1) is 8.15. The molecular formula is C13H10BrClOS.